The molecule has 0 unspecified atom stereocenters. The van der Waals surface area contributed by atoms with Crippen LogP contribution in [0, 0.1) is 17.6 Å². The van der Waals surface area contributed by atoms with Crippen molar-refractivity contribution in [2.75, 3.05) is 25.0 Å². The molecule has 0 aliphatic carbocycles. The molecule has 3 amide bonds. The number of carboxylic acids is 1. The third-order valence-corrected chi connectivity index (χ3v) is 3.73. The number of rotatable bonds is 4. The van der Waals surface area contributed by atoms with Gasteiger partial charge >= 0.3 is 12.0 Å². The predicted octanol–water partition coefficient (Wildman–Crippen LogP) is 1.41. The van der Waals surface area contributed by atoms with Crippen LogP contribution >= 0.6 is 0 Å². The monoisotopic (exact) mass is 341 g/mol. The van der Waals surface area contributed by atoms with E-state index in [1.165, 1.54) is 11.0 Å². The highest BCUT2D eigenvalue weighted by Crippen LogP contribution is 2.17. The van der Waals surface area contributed by atoms with E-state index in [2.05, 4.69) is 10.6 Å². The zero-order valence-corrected chi connectivity index (χ0v) is 12.7. The summed E-state index contributed by atoms with van der Waals surface area (Å²) in [5.41, 5.74) is 0.0791. The molecule has 0 saturated carbocycles. The number of halogens is 2. The lowest BCUT2D eigenvalue weighted by Gasteiger charge is -2.30. The number of likely N-dealkylation sites (tertiary alicyclic amines) is 1. The van der Waals surface area contributed by atoms with Gasteiger partial charge < -0.3 is 20.6 Å². The SMILES string of the molecule is O=C(CNC(=O)N1CCC(C(=O)O)CC1)Nc1ccc(F)c(F)c1. The van der Waals surface area contributed by atoms with Crippen LogP contribution in [0.4, 0.5) is 19.3 Å². The maximum atomic E-state index is 13.0. The minimum atomic E-state index is -1.09. The maximum absolute atomic E-state index is 13.0. The molecular weight excluding hydrogens is 324 g/mol. The Balaban J connectivity index is 1.76. The molecule has 1 saturated heterocycles. The molecule has 0 spiro atoms. The summed E-state index contributed by atoms with van der Waals surface area (Å²) in [5, 5.41) is 13.6. The number of carboxylic acid groups (broad SMARTS) is 1. The fraction of sp³-hybridized carbons (Fsp3) is 0.400. The van der Waals surface area contributed by atoms with Gasteiger partial charge in [-0.2, -0.15) is 0 Å². The van der Waals surface area contributed by atoms with E-state index >= 15 is 0 Å². The number of benzene rings is 1. The summed E-state index contributed by atoms with van der Waals surface area (Å²) >= 11 is 0. The maximum Gasteiger partial charge on any atom is 0.317 e. The zero-order chi connectivity index (χ0) is 17.7. The number of urea groups is 1. The molecule has 1 aromatic carbocycles. The summed E-state index contributed by atoms with van der Waals surface area (Å²) in [6.45, 7) is 0.262. The molecule has 1 heterocycles. The van der Waals surface area contributed by atoms with E-state index in [0.717, 1.165) is 12.1 Å². The van der Waals surface area contributed by atoms with Gasteiger partial charge in [0, 0.05) is 24.8 Å². The molecule has 7 nitrogen and oxygen atoms in total. The molecule has 24 heavy (non-hydrogen) atoms. The van der Waals surface area contributed by atoms with Crippen LogP contribution in [0.2, 0.25) is 0 Å². The van der Waals surface area contributed by atoms with E-state index in [-0.39, 0.29) is 12.2 Å². The molecule has 1 aliphatic rings. The van der Waals surface area contributed by atoms with Crippen molar-refractivity contribution in [2.45, 2.75) is 12.8 Å². The van der Waals surface area contributed by atoms with Gasteiger partial charge in [0.25, 0.3) is 0 Å². The van der Waals surface area contributed by atoms with Crippen LogP contribution in [0.3, 0.4) is 0 Å². The van der Waals surface area contributed by atoms with Gasteiger partial charge in [0.2, 0.25) is 5.91 Å². The number of piperidine rings is 1. The van der Waals surface area contributed by atoms with Crippen LogP contribution in [0.25, 0.3) is 0 Å². The van der Waals surface area contributed by atoms with Crippen LogP contribution in [0.1, 0.15) is 12.8 Å². The number of hydrogen-bond acceptors (Lipinski definition) is 3. The van der Waals surface area contributed by atoms with Crippen molar-refractivity contribution in [2.24, 2.45) is 5.92 Å². The van der Waals surface area contributed by atoms with Crippen molar-refractivity contribution in [3.63, 3.8) is 0 Å². The number of aliphatic carboxylic acids is 1. The number of hydrogen-bond donors (Lipinski definition) is 3. The Morgan fingerprint density at radius 3 is 2.42 bits per heavy atom. The molecule has 130 valence electrons. The number of nitrogens with zero attached hydrogens (tertiary/aromatic N) is 1. The van der Waals surface area contributed by atoms with Crippen molar-refractivity contribution in [1.29, 1.82) is 0 Å². The summed E-state index contributed by atoms with van der Waals surface area (Å²) in [7, 11) is 0. The predicted molar refractivity (Wildman–Crippen MR) is 80.3 cm³/mol. The summed E-state index contributed by atoms with van der Waals surface area (Å²) in [5.74, 6) is -4.02. The molecule has 0 radical (unpaired) electrons. The van der Waals surface area contributed by atoms with Crippen molar-refractivity contribution in [3.05, 3.63) is 29.8 Å². The first kappa shape index (κ1) is 17.6. The van der Waals surface area contributed by atoms with E-state index in [1.54, 1.807) is 0 Å². The normalized spacial score (nSPS) is 15.0. The Labute approximate surface area is 136 Å². The highest BCUT2D eigenvalue weighted by Gasteiger charge is 2.27. The lowest BCUT2D eigenvalue weighted by molar-refractivity contribution is -0.143. The summed E-state index contributed by atoms with van der Waals surface area (Å²) in [4.78, 5) is 35.9. The summed E-state index contributed by atoms with van der Waals surface area (Å²) < 4.78 is 25.8. The van der Waals surface area contributed by atoms with Crippen molar-refractivity contribution in [3.8, 4) is 0 Å². The number of amides is 3. The number of anilines is 1. The standard InChI is InChI=1S/C15H17F2N3O4/c16-11-2-1-10(7-12(11)17)19-13(21)8-18-15(24)20-5-3-9(4-6-20)14(22)23/h1-2,7,9H,3-6,8H2,(H,18,24)(H,19,21)(H,22,23). The van der Waals surface area contributed by atoms with Crippen LogP contribution in [0.5, 0.6) is 0 Å². The number of carbonyl (C=O) groups is 3. The first-order chi connectivity index (χ1) is 11.4. The minimum absolute atomic E-state index is 0.0791. The van der Waals surface area contributed by atoms with E-state index in [9.17, 15) is 23.2 Å². The highest BCUT2D eigenvalue weighted by atomic mass is 19.2. The Kier molecular flexibility index (Phi) is 5.67. The van der Waals surface area contributed by atoms with Gasteiger partial charge in [0.15, 0.2) is 11.6 Å². The molecule has 9 heteroatoms. The number of carbonyl (C=O) groups excluding carboxylic acids is 2. The largest absolute Gasteiger partial charge is 0.481 e. The Bertz CT molecular complexity index is 646. The smallest absolute Gasteiger partial charge is 0.317 e. The summed E-state index contributed by atoms with van der Waals surface area (Å²) in [6.07, 6.45) is 0.730. The zero-order valence-electron chi connectivity index (χ0n) is 12.7. The second kappa shape index (κ2) is 7.71. The fourth-order valence-electron chi connectivity index (χ4n) is 2.38. The second-order valence-electron chi connectivity index (χ2n) is 5.44. The van der Waals surface area contributed by atoms with E-state index in [1.807, 2.05) is 0 Å². The lowest BCUT2D eigenvalue weighted by Crippen LogP contribution is -2.47. The van der Waals surface area contributed by atoms with Gasteiger partial charge in [-0.15, -0.1) is 0 Å². The van der Waals surface area contributed by atoms with Crippen molar-refractivity contribution < 1.29 is 28.3 Å². The Morgan fingerprint density at radius 2 is 1.83 bits per heavy atom. The first-order valence-corrected chi connectivity index (χ1v) is 7.37. The number of nitrogens with one attached hydrogen (secondary N) is 2. The molecule has 1 fully saturated rings. The molecule has 1 aromatic rings. The molecule has 0 aromatic heterocycles. The average molecular weight is 341 g/mol. The van der Waals surface area contributed by atoms with Gasteiger partial charge in [-0.1, -0.05) is 0 Å². The summed E-state index contributed by atoms with van der Waals surface area (Å²) in [6, 6.07) is 2.45. The average Bonchev–Trinajstić information content (AvgIpc) is 2.56. The molecule has 2 rings (SSSR count). The Morgan fingerprint density at radius 1 is 1.17 bits per heavy atom. The van der Waals surface area contributed by atoms with Crippen molar-refractivity contribution in [1.82, 2.24) is 10.2 Å². The molecule has 0 bridgehead atoms. The third kappa shape index (κ3) is 4.64. The molecule has 0 atom stereocenters. The van der Waals surface area contributed by atoms with Gasteiger partial charge in [-0.05, 0) is 25.0 Å². The van der Waals surface area contributed by atoms with Crippen LogP contribution in [-0.2, 0) is 9.59 Å². The lowest BCUT2D eigenvalue weighted by atomic mass is 9.97. The molecule has 3 N–H and O–H groups in total. The first-order valence-electron chi connectivity index (χ1n) is 7.37. The van der Waals surface area contributed by atoms with Gasteiger partial charge in [-0.25, -0.2) is 13.6 Å². The molecular formula is C15H17F2N3O4. The van der Waals surface area contributed by atoms with E-state index < -0.39 is 35.5 Å². The highest BCUT2D eigenvalue weighted by molar-refractivity contribution is 5.94. The van der Waals surface area contributed by atoms with Gasteiger partial charge in [0.05, 0.1) is 12.5 Å². The van der Waals surface area contributed by atoms with Gasteiger partial charge in [0.1, 0.15) is 0 Å². The minimum Gasteiger partial charge on any atom is -0.481 e. The van der Waals surface area contributed by atoms with E-state index in [0.29, 0.717) is 25.9 Å². The quantitative estimate of drug-likeness (QED) is 0.771. The van der Waals surface area contributed by atoms with E-state index in [4.69, 9.17) is 5.11 Å². The van der Waals surface area contributed by atoms with Gasteiger partial charge in [-0.3, -0.25) is 9.59 Å². The topological polar surface area (TPSA) is 98.7 Å². The third-order valence-electron chi connectivity index (χ3n) is 3.73. The van der Waals surface area contributed by atoms with Crippen LogP contribution in [-0.4, -0.2) is 47.5 Å². The van der Waals surface area contributed by atoms with Crippen LogP contribution in [0.15, 0.2) is 18.2 Å². The van der Waals surface area contributed by atoms with Crippen molar-refractivity contribution >= 4 is 23.6 Å². The fourth-order valence-corrected chi connectivity index (χ4v) is 2.38. The Hall–Kier alpha value is -2.71. The van der Waals surface area contributed by atoms with Crippen LogP contribution < -0.4 is 10.6 Å². The molecule has 1 aliphatic heterocycles. The second-order valence-corrected chi connectivity index (χ2v) is 5.44.